The number of hydrogen-bond acceptors (Lipinski definition) is 4. The first kappa shape index (κ1) is 15.2. The summed E-state index contributed by atoms with van der Waals surface area (Å²) in [5.41, 5.74) is 6.38. The molecule has 19 heavy (non-hydrogen) atoms. The van der Waals surface area contributed by atoms with Gasteiger partial charge in [0.05, 0.1) is 12.2 Å². The molecule has 0 radical (unpaired) electrons. The van der Waals surface area contributed by atoms with E-state index in [-0.39, 0.29) is 12.2 Å². The fourth-order valence-electron chi connectivity index (χ4n) is 4.00. The second kappa shape index (κ2) is 6.53. The zero-order chi connectivity index (χ0) is 14.0. The Bertz CT molecular complexity index is 263. The molecule has 2 fully saturated rings. The van der Waals surface area contributed by atoms with Gasteiger partial charge in [0.15, 0.2) is 0 Å². The van der Waals surface area contributed by atoms with Gasteiger partial charge in [0.1, 0.15) is 0 Å². The Labute approximate surface area is 117 Å². The second-order valence-electron chi connectivity index (χ2n) is 6.65. The average Bonchev–Trinajstić information content (AvgIpc) is 2.76. The van der Waals surface area contributed by atoms with Crippen molar-refractivity contribution in [3.63, 3.8) is 0 Å². The van der Waals surface area contributed by atoms with Crippen LogP contribution < -0.4 is 5.73 Å². The van der Waals surface area contributed by atoms with Crippen molar-refractivity contribution in [3.8, 4) is 0 Å². The van der Waals surface area contributed by atoms with Crippen molar-refractivity contribution in [1.82, 2.24) is 4.90 Å². The molecule has 1 heterocycles. The van der Waals surface area contributed by atoms with Crippen LogP contribution in [0.25, 0.3) is 0 Å². The van der Waals surface area contributed by atoms with E-state index in [0.717, 1.165) is 31.5 Å². The molecule has 1 aliphatic heterocycles. The van der Waals surface area contributed by atoms with Crippen molar-refractivity contribution < 1.29 is 9.47 Å². The van der Waals surface area contributed by atoms with E-state index in [4.69, 9.17) is 15.2 Å². The monoisotopic (exact) mass is 270 g/mol. The van der Waals surface area contributed by atoms with Gasteiger partial charge in [-0.2, -0.15) is 0 Å². The lowest BCUT2D eigenvalue weighted by atomic mass is 9.72. The van der Waals surface area contributed by atoms with Crippen molar-refractivity contribution in [2.75, 3.05) is 33.9 Å². The van der Waals surface area contributed by atoms with Crippen molar-refractivity contribution >= 4 is 0 Å². The number of nitrogens with two attached hydrogens (primary N) is 1. The maximum absolute atomic E-state index is 6.38. The van der Waals surface area contributed by atoms with E-state index in [1.54, 1.807) is 14.2 Å². The minimum absolute atomic E-state index is 0.207. The molecule has 0 aromatic carbocycles. The zero-order valence-electron chi connectivity index (χ0n) is 12.8. The third-order valence-electron chi connectivity index (χ3n) is 5.10. The molecular weight excluding hydrogens is 240 g/mol. The Morgan fingerprint density at radius 3 is 2.11 bits per heavy atom. The highest BCUT2D eigenvalue weighted by molar-refractivity contribution is 4.92. The summed E-state index contributed by atoms with van der Waals surface area (Å²) in [7, 11) is 3.55. The number of hydrogen-bond donors (Lipinski definition) is 1. The van der Waals surface area contributed by atoms with Crippen molar-refractivity contribution in [3.05, 3.63) is 0 Å². The molecule has 2 N–H and O–H groups in total. The molecule has 0 bridgehead atoms. The smallest absolute Gasteiger partial charge is 0.0971 e. The maximum atomic E-state index is 6.38. The third kappa shape index (κ3) is 3.48. The van der Waals surface area contributed by atoms with Gasteiger partial charge in [-0.1, -0.05) is 13.8 Å². The first-order valence-corrected chi connectivity index (χ1v) is 7.58. The predicted octanol–water partition coefficient (Wildman–Crippen LogP) is 1.34. The van der Waals surface area contributed by atoms with Crippen LogP contribution in [0.15, 0.2) is 0 Å². The molecule has 1 saturated heterocycles. The van der Waals surface area contributed by atoms with Crippen LogP contribution in [-0.4, -0.2) is 57.0 Å². The fraction of sp³-hybridized carbons (Fsp3) is 1.00. The van der Waals surface area contributed by atoms with Crippen LogP contribution in [0.2, 0.25) is 0 Å². The normalized spacial score (nSPS) is 44.7. The van der Waals surface area contributed by atoms with Crippen molar-refractivity contribution in [1.29, 1.82) is 0 Å². The minimum Gasteiger partial charge on any atom is -0.377 e. The van der Waals surface area contributed by atoms with Crippen LogP contribution in [0.5, 0.6) is 0 Å². The molecule has 2 aliphatic rings. The largest absolute Gasteiger partial charge is 0.377 e. The van der Waals surface area contributed by atoms with E-state index in [1.807, 2.05) is 0 Å². The second-order valence-corrected chi connectivity index (χ2v) is 6.65. The number of ether oxygens (including phenoxy) is 2. The summed E-state index contributed by atoms with van der Waals surface area (Å²) in [6, 6.07) is 0.348. The predicted molar refractivity (Wildman–Crippen MR) is 77.1 cm³/mol. The van der Waals surface area contributed by atoms with E-state index in [9.17, 15) is 0 Å². The van der Waals surface area contributed by atoms with Crippen LogP contribution >= 0.6 is 0 Å². The molecule has 4 heteroatoms. The van der Waals surface area contributed by atoms with E-state index in [1.165, 1.54) is 12.8 Å². The van der Waals surface area contributed by atoms with E-state index in [2.05, 4.69) is 18.7 Å². The molecule has 0 aromatic rings. The van der Waals surface area contributed by atoms with Crippen LogP contribution in [0.1, 0.15) is 26.7 Å². The van der Waals surface area contributed by atoms with Gasteiger partial charge < -0.3 is 15.2 Å². The molecule has 4 nitrogen and oxygen atoms in total. The van der Waals surface area contributed by atoms with Crippen LogP contribution in [0, 0.1) is 17.8 Å². The number of rotatable bonds is 4. The van der Waals surface area contributed by atoms with Gasteiger partial charge >= 0.3 is 0 Å². The molecule has 6 atom stereocenters. The molecule has 1 aliphatic carbocycles. The lowest BCUT2D eigenvalue weighted by Gasteiger charge is -2.39. The Morgan fingerprint density at radius 2 is 1.63 bits per heavy atom. The van der Waals surface area contributed by atoms with Crippen molar-refractivity contribution in [2.24, 2.45) is 23.5 Å². The topological polar surface area (TPSA) is 47.7 Å². The van der Waals surface area contributed by atoms with E-state index in [0.29, 0.717) is 12.0 Å². The fourth-order valence-corrected chi connectivity index (χ4v) is 4.00. The molecule has 0 aromatic heterocycles. The summed E-state index contributed by atoms with van der Waals surface area (Å²) < 4.78 is 11.0. The first-order valence-electron chi connectivity index (χ1n) is 7.58. The Morgan fingerprint density at radius 1 is 1.05 bits per heavy atom. The quantitative estimate of drug-likeness (QED) is 0.837. The Balaban J connectivity index is 1.90. The number of likely N-dealkylation sites (tertiary alicyclic amines) is 1. The lowest BCUT2D eigenvalue weighted by molar-refractivity contribution is -0.00461. The highest BCUT2D eigenvalue weighted by Crippen LogP contribution is 2.34. The lowest BCUT2D eigenvalue weighted by Crippen LogP contribution is -2.46. The summed E-state index contributed by atoms with van der Waals surface area (Å²) in [4.78, 5) is 2.47. The summed E-state index contributed by atoms with van der Waals surface area (Å²) >= 11 is 0. The van der Waals surface area contributed by atoms with Gasteiger partial charge in [-0.3, -0.25) is 4.90 Å². The minimum atomic E-state index is 0.207. The number of nitrogens with zero attached hydrogens (tertiary/aromatic N) is 1. The van der Waals surface area contributed by atoms with E-state index < -0.39 is 0 Å². The standard InChI is InChI=1S/C15H30N2O2/c1-10-5-11(2)12(13(16)6-10)7-17-8-14(18-3)15(9-17)19-4/h10-15H,5-9,16H2,1-4H3. The molecule has 1 saturated carbocycles. The summed E-state index contributed by atoms with van der Waals surface area (Å²) in [6.07, 6.45) is 2.90. The summed E-state index contributed by atoms with van der Waals surface area (Å²) in [5.74, 6) is 2.11. The van der Waals surface area contributed by atoms with E-state index >= 15 is 0 Å². The summed E-state index contributed by atoms with van der Waals surface area (Å²) in [6.45, 7) is 7.72. The van der Waals surface area contributed by atoms with Crippen LogP contribution in [0.4, 0.5) is 0 Å². The zero-order valence-corrected chi connectivity index (χ0v) is 12.8. The van der Waals surface area contributed by atoms with Gasteiger partial charge in [-0.25, -0.2) is 0 Å². The maximum Gasteiger partial charge on any atom is 0.0971 e. The first-order chi connectivity index (χ1) is 9.05. The Hall–Kier alpha value is -0.160. The van der Waals surface area contributed by atoms with Crippen molar-refractivity contribution in [2.45, 2.75) is 44.9 Å². The molecule has 112 valence electrons. The molecule has 2 rings (SSSR count). The molecular formula is C15H30N2O2. The van der Waals surface area contributed by atoms with Gasteiger partial charge in [-0.15, -0.1) is 0 Å². The molecule has 0 amide bonds. The summed E-state index contributed by atoms with van der Waals surface area (Å²) in [5, 5.41) is 0. The number of methoxy groups -OCH3 is 2. The van der Waals surface area contributed by atoms with Crippen LogP contribution in [0.3, 0.4) is 0 Å². The van der Waals surface area contributed by atoms with Gasteiger partial charge in [0, 0.05) is 39.9 Å². The third-order valence-corrected chi connectivity index (χ3v) is 5.10. The Kier molecular flexibility index (Phi) is 5.23. The van der Waals surface area contributed by atoms with Gasteiger partial charge in [-0.05, 0) is 30.6 Å². The van der Waals surface area contributed by atoms with Gasteiger partial charge in [0.25, 0.3) is 0 Å². The molecule has 0 spiro atoms. The molecule has 6 unspecified atom stereocenters. The van der Waals surface area contributed by atoms with Crippen LogP contribution in [-0.2, 0) is 9.47 Å². The van der Waals surface area contributed by atoms with Gasteiger partial charge in [0.2, 0.25) is 0 Å². The average molecular weight is 270 g/mol. The highest BCUT2D eigenvalue weighted by atomic mass is 16.5. The highest BCUT2D eigenvalue weighted by Gasteiger charge is 2.38. The SMILES string of the molecule is COC1CN(CC2C(C)CC(C)CC2N)CC1OC.